The number of carbonyl (C=O) groups excluding carboxylic acids is 2. The largest absolute Gasteiger partial charge is 0.361 e. The van der Waals surface area contributed by atoms with Gasteiger partial charge in [0, 0.05) is 42.2 Å². The third kappa shape index (κ3) is 3.99. The molecule has 0 unspecified atom stereocenters. The van der Waals surface area contributed by atoms with Crippen LogP contribution in [0.1, 0.15) is 28.8 Å². The van der Waals surface area contributed by atoms with Crippen molar-refractivity contribution < 1.29 is 18.4 Å². The predicted molar refractivity (Wildman–Crippen MR) is 105 cm³/mol. The van der Waals surface area contributed by atoms with Crippen molar-refractivity contribution in [3.63, 3.8) is 0 Å². The van der Waals surface area contributed by atoms with E-state index in [0.29, 0.717) is 19.5 Å². The lowest BCUT2D eigenvalue weighted by atomic mass is 10.0. The molecule has 2 amide bonds. The van der Waals surface area contributed by atoms with Gasteiger partial charge < -0.3 is 15.2 Å². The highest BCUT2D eigenvalue weighted by atomic mass is 19.2. The zero-order valence-electron chi connectivity index (χ0n) is 15.8. The van der Waals surface area contributed by atoms with Crippen LogP contribution >= 0.6 is 0 Å². The molecular formula is C22H21F2N3O2. The van der Waals surface area contributed by atoms with Crippen molar-refractivity contribution in [2.24, 2.45) is 0 Å². The molecule has 1 atom stereocenters. The topological polar surface area (TPSA) is 65.2 Å². The van der Waals surface area contributed by atoms with E-state index in [9.17, 15) is 18.4 Å². The summed E-state index contributed by atoms with van der Waals surface area (Å²) in [7, 11) is 0. The van der Waals surface area contributed by atoms with E-state index >= 15 is 0 Å². The van der Waals surface area contributed by atoms with Crippen LogP contribution in [0, 0.1) is 11.6 Å². The Kier molecular flexibility index (Phi) is 5.29. The van der Waals surface area contributed by atoms with Gasteiger partial charge in [0.1, 0.15) is 6.04 Å². The van der Waals surface area contributed by atoms with Crippen molar-refractivity contribution in [3.8, 4) is 0 Å². The Morgan fingerprint density at radius 3 is 2.59 bits per heavy atom. The van der Waals surface area contributed by atoms with Gasteiger partial charge in [-0.15, -0.1) is 0 Å². The maximum Gasteiger partial charge on any atom is 0.252 e. The van der Waals surface area contributed by atoms with Gasteiger partial charge in [-0.2, -0.15) is 0 Å². The van der Waals surface area contributed by atoms with Gasteiger partial charge >= 0.3 is 0 Å². The van der Waals surface area contributed by atoms with Gasteiger partial charge in [0.05, 0.1) is 0 Å². The number of halogens is 2. The molecule has 1 fully saturated rings. The second kappa shape index (κ2) is 8.03. The van der Waals surface area contributed by atoms with Crippen molar-refractivity contribution in [2.75, 3.05) is 13.1 Å². The number of para-hydroxylation sites is 1. The molecule has 2 heterocycles. The molecule has 1 aromatic heterocycles. The number of fused-ring (bicyclic) bond motifs is 1. The normalized spacial score (nSPS) is 14.9. The number of benzene rings is 2. The minimum Gasteiger partial charge on any atom is -0.361 e. The SMILES string of the molecule is O=C(N[C@H](Cc1c[nH]c2ccccc12)C(=O)N1CCCC1)c1ccc(F)c(F)c1. The summed E-state index contributed by atoms with van der Waals surface area (Å²) >= 11 is 0. The Balaban J connectivity index is 1.60. The van der Waals surface area contributed by atoms with Crippen LogP contribution in [0.2, 0.25) is 0 Å². The first kappa shape index (κ1) is 19.1. The van der Waals surface area contributed by atoms with Crippen molar-refractivity contribution >= 4 is 22.7 Å². The Bertz CT molecular complexity index is 1060. The molecular weight excluding hydrogens is 376 g/mol. The molecule has 0 bridgehead atoms. The summed E-state index contributed by atoms with van der Waals surface area (Å²) in [4.78, 5) is 30.6. The first-order chi connectivity index (χ1) is 14.0. The minimum absolute atomic E-state index is 0.0259. The summed E-state index contributed by atoms with van der Waals surface area (Å²) in [5.41, 5.74) is 1.83. The van der Waals surface area contributed by atoms with Crippen molar-refractivity contribution in [1.82, 2.24) is 15.2 Å². The fourth-order valence-electron chi connectivity index (χ4n) is 3.76. The van der Waals surface area contributed by atoms with Crippen LogP contribution in [0.25, 0.3) is 10.9 Å². The smallest absolute Gasteiger partial charge is 0.252 e. The summed E-state index contributed by atoms with van der Waals surface area (Å²) in [5.74, 6) is -2.90. The van der Waals surface area contributed by atoms with Gasteiger partial charge in [-0.3, -0.25) is 9.59 Å². The first-order valence-corrected chi connectivity index (χ1v) is 9.62. The number of likely N-dealkylation sites (tertiary alicyclic amines) is 1. The number of H-pyrrole nitrogens is 1. The van der Waals surface area contributed by atoms with Crippen LogP contribution in [0.15, 0.2) is 48.7 Å². The fraction of sp³-hybridized carbons (Fsp3) is 0.273. The number of aromatic amines is 1. The molecule has 2 aromatic carbocycles. The number of amides is 2. The van der Waals surface area contributed by atoms with Crippen LogP contribution in [0.3, 0.4) is 0 Å². The molecule has 1 saturated heterocycles. The second-order valence-corrected chi connectivity index (χ2v) is 7.25. The lowest BCUT2D eigenvalue weighted by Gasteiger charge is -2.24. The molecule has 2 N–H and O–H groups in total. The number of nitrogens with zero attached hydrogens (tertiary/aromatic N) is 1. The van der Waals surface area contributed by atoms with Gasteiger partial charge in [0.2, 0.25) is 5.91 Å². The number of aromatic nitrogens is 1. The summed E-state index contributed by atoms with van der Waals surface area (Å²) in [6, 6.07) is 9.88. The monoisotopic (exact) mass is 397 g/mol. The van der Waals surface area contributed by atoms with Crippen LogP contribution in [-0.2, 0) is 11.2 Å². The van der Waals surface area contributed by atoms with Gasteiger partial charge in [0.25, 0.3) is 5.91 Å². The van der Waals surface area contributed by atoms with E-state index < -0.39 is 23.6 Å². The Morgan fingerprint density at radius 1 is 1.07 bits per heavy atom. The maximum atomic E-state index is 13.5. The quantitative estimate of drug-likeness (QED) is 0.693. The minimum atomic E-state index is -1.10. The van der Waals surface area contributed by atoms with Crippen LogP contribution in [0.4, 0.5) is 8.78 Å². The number of hydrogen-bond acceptors (Lipinski definition) is 2. The van der Waals surface area contributed by atoms with Crippen molar-refractivity contribution in [2.45, 2.75) is 25.3 Å². The molecule has 3 aromatic rings. The average Bonchev–Trinajstić information content (AvgIpc) is 3.39. The zero-order valence-corrected chi connectivity index (χ0v) is 15.8. The summed E-state index contributed by atoms with van der Waals surface area (Å²) in [6.45, 7) is 1.31. The standard InChI is InChI=1S/C22H21F2N3O2/c23-17-8-7-14(11-18(17)24)21(28)26-20(22(29)27-9-3-4-10-27)12-15-13-25-19-6-2-1-5-16(15)19/h1-2,5-8,11,13,20,25H,3-4,9-10,12H2,(H,26,28)/t20-/m1/s1. The highest BCUT2D eigenvalue weighted by molar-refractivity contribution is 5.98. The number of carbonyl (C=O) groups is 2. The highest BCUT2D eigenvalue weighted by Crippen LogP contribution is 2.21. The lowest BCUT2D eigenvalue weighted by molar-refractivity contribution is -0.132. The molecule has 5 nitrogen and oxygen atoms in total. The van der Waals surface area contributed by atoms with E-state index in [2.05, 4.69) is 10.3 Å². The Hall–Kier alpha value is -3.22. The van der Waals surface area contributed by atoms with Crippen LogP contribution in [-0.4, -0.2) is 40.8 Å². The summed E-state index contributed by atoms with van der Waals surface area (Å²) in [5, 5.41) is 3.71. The lowest BCUT2D eigenvalue weighted by Crippen LogP contribution is -2.49. The molecule has 0 saturated carbocycles. The van der Waals surface area contributed by atoms with E-state index in [1.54, 1.807) is 4.90 Å². The average molecular weight is 397 g/mol. The van der Waals surface area contributed by atoms with E-state index in [-0.39, 0.29) is 11.5 Å². The third-order valence-electron chi connectivity index (χ3n) is 5.30. The predicted octanol–water partition coefficient (Wildman–Crippen LogP) is 3.41. The summed E-state index contributed by atoms with van der Waals surface area (Å²) in [6.07, 6.45) is 4.00. The number of rotatable bonds is 5. The van der Waals surface area contributed by atoms with Gasteiger partial charge in [-0.25, -0.2) is 8.78 Å². The molecule has 1 aliphatic rings. The molecule has 0 spiro atoms. The Morgan fingerprint density at radius 2 is 1.83 bits per heavy atom. The number of hydrogen-bond donors (Lipinski definition) is 2. The maximum absolute atomic E-state index is 13.5. The summed E-state index contributed by atoms with van der Waals surface area (Å²) < 4.78 is 26.7. The highest BCUT2D eigenvalue weighted by Gasteiger charge is 2.29. The molecule has 150 valence electrons. The van der Waals surface area contributed by atoms with Crippen molar-refractivity contribution in [3.05, 3.63) is 71.4 Å². The molecule has 0 aliphatic carbocycles. The van der Waals surface area contributed by atoms with E-state index in [4.69, 9.17) is 0 Å². The van der Waals surface area contributed by atoms with Gasteiger partial charge in [0.15, 0.2) is 11.6 Å². The van der Waals surface area contributed by atoms with Gasteiger partial charge in [-0.1, -0.05) is 18.2 Å². The molecule has 1 aliphatic heterocycles. The second-order valence-electron chi connectivity index (χ2n) is 7.25. The Labute approximate surface area is 166 Å². The van der Waals surface area contributed by atoms with E-state index in [0.717, 1.165) is 41.4 Å². The van der Waals surface area contributed by atoms with Crippen molar-refractivity contribution in [1.29, 1.82) is 0 Å². The van der Waals surface area contributed by atoms with Gasteiger partial charge in [-0.05, 0) is 42.7 Å². The van der Waals surface area contributed by atoms with E-state index in [1.807, 2.05) is 30.5 Å². The van der Waals surface area contributed by atoms with E-state index in [1.165, 1.54) is 6.07 Å². The zero-order chi connectivity index (χ0) is 20.4. The molecule has 29 heavy (non-hydrogen) atoms. The number of nitrogens with one attached hydrogen (secondary N) is 2. The molecule has 0 radical (unpaired) electrons. The molecule has 4 rings (SSSR count). The molecule has 7 heteroatoms. The third-order valence-corrected chi connectivity index (χ3v) is 5.30. The first-order valence-electron chi connectivity index (χ1n) is 9.62. The van der Waals surface area contributed by atoms with Crippen LogP contribution < -0.4 is 5.32 Å². The fourth-order valence-corrected chi connectivity index (χ4v) is 3.76. The van der Waals surface area contributed by atoms with Crippen LogP contribution in [0.5, 0.6) is 0 Å².